The molecule has 3 aromatic rings. The summed E-state index contributed by atoms with van der Waals surface area (Å²) in [7, 11) is 0. The molecule has 1 heterocycles. The number of carboxylic acids is 1. The molecule has 0 atom stereocenters. The number of benzene rings is 2. The highest BCUT2D eigenvalue weighted by Gasteiger charge is 2.15. The van der Waals surface area contributed by atoms with Crippen LogP contribution in [0, 0.1) is 20.8 Å². The van der Waals surface area contributed by atoms with E-state index in [2.05, 4.69) is 15.5 Å². The first-order chi connectivity index (χ1) is 15.3. The molecule has 2 aromatic carbocycles. The van der Waals surface area contributed by atoms with Crippen molar-refractivity contribution in [3.05, 3.63) is 64.5 Å². The highest BCUT2D eigenvalue weighted by atomic mass is 32.2. The third-order valence-corrected chi connectivity index (χ3v) is 5.99. The van der Waals surface area contributed by atoms with Crippen LogP contribution in [0.5, 0.6) is 5.75 Å². The Balaban J connectivity index is 1.64. The van der Waals surface area contributed by atoms with E-state index in [4.69, 9.17) is 4.74 Å². The second-order valence-electron chi connectivity index (χ2n) is 7.26. The quantitative estimate of drug-likeness (QED) is 0.496. The standard InChI is InChI=1S/C23H26N4O4S/c1-5-27-19(12-31-21-14(2)8-6-9-15(21)3)25-26-23(27)32-13-20(28)24-18-11-7-10-17(16(18)4)22(29)30/h6-11H,5,12-13H2,1-4H3,(H,24,28)(H,29,30)/p-1. The van der Waals surface area contributed by atoms with Crippen molar-refractivity contribution in [3.63, 3.8) is 0 Å². The molecule has 32 heavy (non-hydrogen) atoms. The van der Waals surface area contributed by atoms with Crippen molar-refractivity contribution in [1.82, 2.24) is 14.8 Å². The van der Waals surface area contributed by atoms with E-state index in [0.717, 1.165) is 16.9 Å². The number of nitrogens with one attached hydrogen (secondary N) is 1. The van der Waals surface area contributed by atoms with E-state index in [1.54, 1.807) is 19.1 Å². The van der Waals surface area contributed by atoms with Crippen molar-refractivity contribution < 1.29 is 19.4 Å². The Morgan fingerprint density at radius 3 is 2.44 bits per heavy atom. The smallest absolute Gasteiger partial charge is 0.234 e. The maximum atomic E-state index is 12.4. The lowest BCUT2D eigenvalue weighted by Crippen LogP contribution is -2.24. The lowest BCUT2D eigenvalue weighted by atomic mass is 10.1. The van der Waals surface area contributed by atoms with Gasteiger partial charge in [-0.3, -0.25) is 4.79 Å². The summed E-state index contributed by atoms with van der Waals surface area (Å²) in [6.45, 7) is 8.51. The predicted octanol–water partition coefficient (Wildman–Crippen LogP) is 2.90. The van der Waals surface area contributed by atoms with Gasteiger partial charge in [0.15, 0.2) is 11.0 Å². The van der Waals surface area contributed by atoms with Gasteiger partial charge in [0.25, 0.3) is 0 Å². The van der Waals surface area contributed by atoms with Crippen molar-refractivity contribution in [2.45, 2.75) is 46.0 Å². The van der Waals surface area contributed by atoms with Crippen LogP contribution in [-0.4, -0.2) is 32.4 Å². The van der Waals surface area contributed by atoms with E-state index in [1.165, 1.54) is 17.8 Å². The van der Waals surface area contributed by atoms with Crippen molar-refractivity contribution in [2.75, 3.05) is 11.1 Å². The summed E-state index contributed by atoms with van der Waals surface area (Å²) < 4.78 is 7.90. The molecule has 1 aromatic heterocycles. The second-order valence-corrected chi connectivity index (χ2v) is 8.20. The monoisotopic (exact) mass is 453 g/mol. The minimum Gasteiger partial charge on any atom is -0.545 e. The fraction of sp³-hybridized carbons (Fsp3) is 0.304. The zero-order chi connectivity index (χ0) is 23.3. The highest BCUT2D eigenvalue weighted by molar-refractivity contribution is 7.99. The van der Waals surface area contributed by atoms with E-state index in [9.17, 15) is 14.7 Å². The number of thioether (sulfide) groups is 1. The van der Waals surface area contributed by atoms with Crippen LogP contribution in [0.1, 0.15) is 39.8 Å². The maximum Gasteiger partial charge on any atom is 0.234 e. The third kappa shape index (κ3) is 5.28. The van der Waals surface area contributed by atoms with Gasteiger partial charge < -0.3 is 24.5 Å². The van der Waals surface area contributed by atoms with E-state index >= 15 is 0 Å². The number of nitrogens with zero attached hydrogens (tertiary/aromatic N) is 3. The number of carbonyl (C=O) groups is 2. The van der Waals surface area contributed by atoms with Crippen molar-refractivity contribution >= 4 is 29.3 Å². The van der Waals surface area contributed by atoms with Gasteiger partial charge in [0.1, 0.15) is 12.4 Å². The normalized spacial score (nSPS) is 10.8. The van der Waals surface area contributed by atoms with Crippen molar-refractivity contribution in [1.29, 1.82) is 0 Å². The summed E-state index contributed by atoms with van der Waals surface area (Å²) in [5.41, 5.74) is 3.05. The lowest BCUT2D eigenvalue weighted by Gasteiger charge is -2.13. The Labute approximate surface area is 191 Å². The van der Waals surface area contributed by atoms with E-state index < -0.39 is 5.97 Å². The molecular formula is C23H25N4O4S-. The fourth-order valence-corrected chi connectivity index (χ4v) is 4.14. The lowest BCUT2D eigenvalue weighted by molar-refractivity contribution is -0.255. The minimum absolute atomic E-state index is 0.0507. The van der Waals surface area contributed by atoms with Crippen molar-refractivity contribution in [2.24, 2.45) is 0 Å². The first-order valence-corrected chi connectivity index (χ1v) is 11.1. The van der Waals surface area contributed by atoms with Crippen LogP contribution in [0.3, 0.4) is 0 Å². The molecular weight excluding hydrogens is 428 g/mol. The van der Waals surface area contributed by atoms with Gasteiger partial charge in [-0.25, -0.2) is 0 Å². The molecule has 9 heteroatoms. The van der Waals surface area contributed by atoms with Crippen LogP contribution in [0.25, 0.3) is 0 Å². The first-order valence-electron chi connectivity index (χ1n) is 10.2. The Morgan fingerprint density at radius 1 is 1.09 bits per heavy atom. The zero-order valence-corrected chi connectivity index (χ0v) is 19.3. The number of hydrogen-bond donors (Lipinski definition) is 1. The van der Waals surface area contributed by atoms with Crippen LogP contribution in [-0.2, 0) is 17.9 Å². The van der Waals surface area contributed by atoms with Crippen LogP contribution in [0.4, 0.5) is 5.69 Å². The summed E-state index contributed by atoms with van der Waals surface area (Å²) >= 11 is 1.26. The number of hydrogen-bond acceptors (Lipinski definition) is 7. The number of rotatable bonds is 9. The Morgan fingerprint density at radius 2 is 1.78 bits per heavy atom. The Kier molecular flexibility index (Phi) is 7.53. The van der Waals surface area contributed by atoms with Gasteiger partial charge in [-0.1, -0.05) is 42.1 Å². The molecule has 0 radical (unpaired) electrons. The first kappa shape index (κ1) is 23.3. The third-order valence-electron chi connectivity index (χ3n) is 5.02. The largest absolute Gasteiger partial charge is 0.545 e. The second kappa shape index (κ2) is 10.3. The molecule has 0 bridgehead atoms. The molecule has 0 aliphatic rings. The van der Waals surface area contributed by atoms with Crippen LogP contribution in [0.2, 0.25) is 0 Å². The number of amides is 1. The number of para-hydroxylation sites is 1. The molecule has 0 aliphatic heterocycles. The summed E-state index contributed by atoms with van der Waals surface area (Å²) in [6, 6.07) is 10.6. The number of carbonyl (C=O) groups excluding carboxylic acids is 2. The minimum atomic E-state index is -1.28. The average Bonchev–Trinajstić information content (AvgIpc) is 3.15. The summed E-state index contributed by atoms with van der Waals surface area (Å²) in [4.78, 5) is 23.6. The Bertz CT molecular complexity index is 1120. The maximum absolute atomic E-state index is 12.4. The number of anilines is 1. The van der Waals surface area contributed by atoms with Gasteiger partial charge >= 0.3 is 0 Å². The van der Waals surface area contributed by atoms with Gasteiger partial charge in [-0.2, -0.15) is 0 Å². The topological polar surface area (TPSA) is 109 Å². The summed E-state index contributed by atoms with van der Waals surface area (Å²) in [5.74, 6) is 0.0638. The number of aromatic nitrogens is 3. The van der Waals surface area contributed by atoms with Crippen molar-refractivity contribution in [3.8, 4) is 5.75 Å². The SMILES string of the molecule is CCn1c(COc2c(C)cccc2C)nnc1SCC(=O)Nc1cccc(C(=O)[O-])c1C. The molecule has 8 nitrogen and oxygen atoms in total. The summed E-state index contributed by atoms with van der Waals surface area (Å²) in [6.07, 6.45) is 0. The number of carboxylic acid groups (broad SMARTS) is 1. The van der Waals surface area contributed by atoms with E-state index in [1.807, 2.05) is 43.5 Å². The molecule has 1 amide bonds. The van der Waals surface area contributed by atoms with Crippen LogP contribution >= 0.6 is 11.8 Å². The molecule has 1 N–H and O–H groups in total. The van der Waals surface area contributed by atoms with Gasteiger partial charge in [-0.05, 0) is 50.5 Å². The molecule has 0 saturated heterocycles. The number of aryl methyl sites for hydroxylation is 2. The fourth-order valence-electron chi connectivity index (χ4n) is 3.32. The number of aromatic carboxylic acids is 1. The molecule has 168 valence electrons. The molecule has 0 aliphatic carbocycles. The molecule has 0 spiro atoms. The highest BCUT2D eigenvalue weighted by Crippen LogP contribution is 2.25. The van der Waals surface area contributed by atoms with E-state index in [-0.39, 0.29) is 23.8 Å². The van der Waals surface area contributed by atoms with Gasteiger partial charge in [0.05, 0.1) is 11.7 Å². The predicted molar refractivity (Wildman–Crippen MR) is 121 cm³/mol. The van der Waals surface area contributed by atoms with Gasteiger partial charge in [0.2, 0.25) is 5.91 Å². The molecule has 0 unspecified atom stereocenters. The average molecular weight is 454 g/mol. The summed E-state index contributed by atoms with van der Waals surface area (Å²) in [5, 5.41) is 23.0. The molecule has 3 rings (SSSR count). The zero-order valence-electron chi connectivity index (χ0n) is 18.5. The molecule has 0 fully saturated rings. The van der Waals surface area contributed by atoms with E-state index in [0.29, 0.717) is 28.8 Å². The Hall–Kier alpha value is -3.33. The molecule has 0 saturated carbocycles. The van der Waals surface area contributed by atoms with Gasteiger partial charge in [-0.15, -0.1) is 10.2 Å². The van der Waals surface area contributed by atoms with Crippen LogP contribution < -0.4 is 15.2 Å². The van der Waals surface area contributed by atoms with Crippen LogP contribution in [0.15, 0.2) is 41.6 Å². The number of ether oxygens (including phenoxy) is 1. The van der Waals surface area contributed by atoms with Gasteiger partial charge in [0, 0.05) is 17.8 Å².